The molecule has 1 saturated carbocycles. The summed E-state index contributed by atoms with van der Waals surface area (Å²) in [4.78, 5) is 29.1. The van der Waals surface area contributed by atoms with Crippen LogP contribution in [0.2, 0.25) is 0 Å². The fourth-order valence-electron chi connectivity index (χ4n) is 2.84. The number of aliphatic carboxylic acids is 1. The second-order valence-corrected chi connectivity index (χ2v) is 7.25. The molecule has 0 aromatic carbocycles. The average Bonchev–Trinajstić information content (AvgIpc) is 2.92. The minimum atomic E-state index is -0.808. The molecule has 0 aliphatic heterocycles. The Balaban J connectivity index is 1.66. The van der Waals surface area contributed by atoms with Crippen LogP contribution in [0, 0.1) is 6.92 Å². The third-order valence-corrected chi connectivity index (χ3v) is 5.53. The number of carboxylic acid groups (broad SMARTS) is 1. The van der Waals surface area contributed by atoms with E-state index in [0.717, 1.165) is 23.5 Å². The summed E-state index contributed by atoms with van der Waals surface area (Å²) in [6.07, 6.45) is 1.60. The number of carbonyl (C=O) groups is 2. The number of carbonyl (C=O) groups excluding carboxylic acids is 1. The monoisotopic (exact) mass is 354 g/mol. The summed E-state index contributed by atoms with van der Waals surface area (Å²) < 4.78 is 0. The molecule has 2 rings (SSSR count). The zero-order valence-corrected chi connectivity index (χ0v) is 15.2. The van der Waals surface area contributed by atoms with E-state index in [9.17, 15) is 9.59 Å². The fraction of sp³-hybridized carbons (Fsp3) is 0.688. The zero-order valence-electron chi connectivity index (χ0n) is 14.4. The van der Waals surface area contributed by atoms with E-state index < -0.39 is 5.97 Å². The molecule has 0 saturated heterocycles. The van der Waals surface area contributed by atoms with Gasteiger partial charge in [-0.05, 0) is 26.3 Å². The summed E-state index contributed by atoms with van der Waals surface area (Å²) in [5, 5.41) is 17.8. The van der Waals surface area contributed by atoms with E-state index in [1.807, 2.05) is 31.1 Å². The van der Waals surface area contributed by atoms with Gasteiger partial charge in [0.15, 0.2) is 0 Å². The number of urea groups is 1. The van der Waals surface area contributed by atoms with Gasteiger partial charge in [-0.2, -0.15) is 0 Å². The van der Waals surface area contributed by atoms with Crippen molar-refractivity contribution in [2.75, 3.05) is 19.6 Å². The lowest BCUT2D eigenvalue weighted by atomic mass is 9.85. The van der Waals surface area contributed by atoms with Crippen LogP contribution in [-0.2, 0) is 4.79 Å². The smallest absolute Gasteiger partial charge is 0.317 e. The van der Waals surface area contributed by atoms with Gasteiger partial charge in [-0.25, -0.2) is 9.78 Å². The Morgan fingerprint density at radius 2 is 2.21 bits per heavy atom. The van der Waals surface area contributed by atoms with Crippen LogP contribution in [0.4, 0.5) is 4.79 Å². The van der Waals surface area contributed by atoms with E-state index in [4.69, 9.17) is 5.11 Å². The first-order valence-corrected chi connectivity index (χ1v) is 9.19. The van der Waals surface area contributed by atoms with Crippen molar-refractivity contribution >= 4 is 23.3 Å². The number of aromatic nitrogens is 1. The van der Waals surface area contributed by atoms with Crippen molar-refractivity contribution in [3.05, 3.63) is 16.1 Å². The Morgan fingerprint density at radius 1 is 1.50 bits per heavy atom. The molecule has 1 heterocycles. The highest BCUT2D eigenvalue weighted by Crippen LogP contribution is 2.25. The maximum absolute atomic E-state index is 12.0. The van der Waals surface area contributed by atoms with Gasteiger partial charge >= 0.3 is 12.0 Å². The van der Waals surface area contributed by atoms with E-state index in [0.29, 0.717) is 13.1 Å². The van der Waals surface area contributed by atoms with Gasteiger partial charge in [-0.15, -0.1) is 11.3 Å². The second kappa shape index (κ2) is 8.43. The van der Waals surface area contributed by atoms with Crippen molar-refractivity contribution in [3.63, 3.8) is 0 Å². The van der Waals surface area contributed by atoms with Crippen molar-refractivity contribution < 1.29 is 14.7 Å². The van der Waals surface area contributed by atoms with E-state index in [2.05, 4.69) is 15.6 Å². The van der Waals surface area contributed by atoms with Crippen molar-refractivity contribution in [1.29, 1.82) is 0 Å². The molecule has 2 amide bonds. The first kappa shape index (κ1) is 18.7. The van der Waals surface area contributed by atoms with Gasteiger partial charge in [0, 0.05) is 35.6 Å². The number of rotatable bonds is 8. The first-order chi connectivity index (χ1) is 11.4. The van der Waals surface area contributed by atoms with Gasteiger partial charge < -0.3 is 15.7 Å². The largest absolute Gasteiger partial charge is 0.480 e. The molecule has 3 N–H and O–H groups in total. The van der Waals surface area contributed by atoms with E-state index in [1.54, 1.807) is 11.3 Å². The summed E-state index contributed by atoms with van der Waals surface area (Å²) in [6.45, 7) is 7.28. The molecule has 1 aromatic heterocycles. The lowest BCUT2D eigenvalue weighted by molar-refractivity contribution is -0.139. The minimum Gasteiger partial charge on any atom is -0.480 e. The Labute approximate surface area is 146 Å². The highest BCUT2D eigenvalue weighted by molar-refractivity contribution is 7.09. The summed E-state index contributed by atoms with van der Waals surface area (Å²) in [5.74, 6) is -0.618. The highest BCUT2D eigenvalue weighted by Gasteiger charge is 2.34. The second-order valence-electron chi connectivity index (χ2n) is 6.36. The third-order valence-electron chi connectivity index (χ3n) is 4.34. The summed E-state index contributed by atoms with van der Waals surface area (Å²) >= 11 is 1.61. The van der Waals surface area contributed by atoms with Gasteiger partial charge in [0.05, 0.1) is 11.6 Å². The predicted octanol–water partition coefficient (Wildman–Crippen LogP) is 1.79. The van der Waals surface area contributed by atoms with Gasteiger partial charge in [0.25, 0.3) is 0 Å². The Kier molecular flexibility index (Phi) is 6.56. The SMILES string of the molecule is CCN(CC(=O)O)C1CC(NC(=O)NCC(C)c2nc(C)cs2)C1. The molecule has 1 aromatic rings. The number of aryl methyl sites for hydroxylation is 1. The molecule has 0 bridgehead atoms. The molecule has 7 nitrogen and oxygen atoms in total. The molecule has 134 valence electrons. The quantitative estimate of drug-likeness (QED) is 0.662. The maximum atomic E-state index is 12.0. The van der Waals surface area contributed by atoms with Crippen LogP contribution in [0.25, 0.3) is 0 Å². The molecule has 24 heavy (non-hydrogen) atoms. The summed E-state index contributed by atoms with van der Waals surface area (Å²) in [5.41, 5.74) is 1.01. The van der Waals surface area contributed by atoms with Crippen molar-refractivity contribution in [1.82, 2.24) is 20.5 Å². The molecule has 1 aliphatic rings. The van der Waals surface area contributed by atoms with Crippen LogP contribution in [-0.4, -0.2) is 58.7 Å². The van der Waals surface area contributed by atoms with Gasteiger partial charge in [-0.1, -0.05) is 13.8 Å². The van der Waals surface area contributed by atoms with Crippen molar-refractivity contribution in [2.24, 2.45) is 0 Å². The van der Waals surface area contributed by atoms with E-state index in [1.165, 1.54) is 0 Å². The molecule has 1 aliphatic carbocycles. The van der Waals surface area contributed by atoms with Crippen LogP contribution in [0.1, 0.15) is 43.3 Å². The van der Waals surface area contributed by atoms with E-state index >= 15 is 0 Å². The first-order valence-electron chi connectivity index (χ1n) is 8.31. The fourth-order valence-corrected chi connectivity index (χ4v) is 3.70. The van der Waals surface area contributed by atoms with Crippen LogP contribution < -0.4 is 10.6 Å². The van der Waals surface area contributed by atoms with Crippen molar-refractivity contribution in [3.8, 4) is 0 Å². The predicted molar refractivity (Wildman–Crippen MR) is 93.5 cm³/mol. The molecule has 0 radical (unpaired) electrons. The van der Waals surface area contributed by atoms with Gasteiger partial charge in [0.2, 0.25) is 0 Å². The normalized spacial score (nSPS) is 21.2. The van der Waals surface area contributed by atoms with Crippen LogP contribution in [0.3, 0.4) is 0 Å². The number of likely N-dealkylation sites (N-methyl/N-ethyl adjacent to an activating group) is 1. The molecule has 1 fully saturated rings. The topological polar surface area (TPSA) is 94.6 Å². The average molecular weight is 354 g/mol. The Bertz CT molecular complexity index is 571. The van der Waals surface area contributed by atoms with Gasteiger partial charge in [0.1, 0.15) is 0 Å². The Hall–Kier alpha value is -1.67. The number of nitrogens with zero attached hydrogens (tertiary/aromatic N) is 2. The number of hydrogen-bond donors (Lipinski definition) is 3. The number of amides is 2. The zero-order chi connectivity index (χ0) is 17.7. The van der Waals surface area contributed by atoms with Crippen LogP contribution in [0.5, 0.6) is 0 Å². The number of thiazole rings is 1. The number of nitrogens with one attached hydrogen (secondary N) is 2. The summed E-state index contributed by atoms with van der Waals surface area (Å²) in [6, 6.07) is 0.198. The minimum absolute atomic E-state index is 0.0603. The lowest BCUT2D eigenvalue weighted by Crippen LogP contribution is -2.56. The highest BCUT2D eigenvalue weighted by atomic mass is 32.1. The maximum Gasteiger partial charge on any atom is 0.317 e. The van der Waals surface area contributed by atoms with Gasteiger partial charge in [-0.3, -0.25) is 9.69 Å². The molecule has 1 unspecified atom stereocenters. The molecule has 0 spiro atoms. The lowest BCUT2D eigenvalue weighted by Gasteiger charge is -2.42. The van der Waals surface area contributed by atoms with Crippen LogP contribution >= 0.6 is 11.3 Å². The van der Waals surface area contributed by atoms with Crippen LogP contribution in [0.15, 0.2) is 5.38 Å². The van der Waals surface area contributed by atoms with Crippen molar-refractivity contribution in [2.45, 2.75) is 51.6 Å². The number of carboxylic acids is 1. The molecular formula is C16H26N4O3S. The molecule has 1 atom stereocenters. The van der Waals surface area contributed by atoms with E-state index in [-0.39, 0.29) is 30.6 Å². The summed E-state index contributed by atoms with van der Waals surface area (Å²) in [7, 11) is 0. The Morgan fingerprint density at radius 3 is 2.75 bits per heavy atom. The molecular weight excluding hydrogens is 328 g/mol. The standard InChI is InChI=1S/C16H26N4O3S/c1-4-20(8-14(21)22)13-5-12(6-13)19-16(23)17-7-10(2)15-18-11(3)9-24-15/h9-10,12-13H,4-8H2,1-3H3,(H,21,22)(H2,17,19,23). The number of hydrogen-bond acceptors (Lipinski definition) is 5. The third kappa shape index (κ3) is 5.17. The molecule has 8 heteroatoms.